The van der Waals surface area contributed by atoms with Gasteiger partial charge in [-0.25, -0.2) is 0 Å². The second-order valence-electron chi connectivity index (χ2n) is 2.83. The summed E-state index contributed by atoms with van der Waals surface area (Å²) in [7, 11) is 1.56. The summed E-state index contributed by atoms with van der Waals surface area (Å²) in [5.74, 6) is 0. The maximum Gasteiger partial charge on any atom is 0.335 e. The quantitative estimate of drug-likeness (QED) is 0.437. The largest absolute Gasteiger partial charge is 0.398 e. The lowest BCUT2D eigenvalue weighted by Gasteiger charge is -2.22. The van der Waals surface area contributed by atoms with E-state index in [-0.39, 0.29) is 0 Å². The van der Waals surface area contributed by atoms with E-state index in [4.69, 9.17) is 14.6 Å². The second kappa shape index (κ2) is 6.56. The Balaban J connectivity index is 3.45. The van der Waals surface area contributed by atoms with E-state index in [9.17, 15) is 0 Å². The number of hydrogen-bond acceptors (Lipinski definition) is 4. The van der Waals surface area contributed by atoms with Crippen LogP contribution >= 0.6 is 0 Å². The minimum Gasteiger partial charge on any atom is -0.398 e. The van der Waals surface area contributed by atoms with Crippen LogP contribution in [0.3, 0.4) is 0 Å². The van der Waals surface area contributed by atoms with Gasteiger partial charge in [-0.2, -0.15) is 0 Å². The number of nitrogens with one attached hydrogen (secondary N) is 1. The van der Waals surface area contributed by atoms with E-state index in [0.29, 0.717) is 6.54 Å². The van der Waals surface area contributed by atoms with Crippen LogP contribution in [0.1, 0.15) is 0 Å². The van der Waals surface area contributed by atoms with Crippen LogP contribution in [0.2, 0.25) is 12.6 Å². The summed E-state index contributed by atoms with van der Waals surface area (Å²) in [5.41, 5.74) is 5.33. The monoisotopic (exact) mass is 192 g/mol. The third-order valence-corrected chi connectivity index (χ3v) is 4.83. The van der Waals surface area contributed by atoms with Crippen molar-refractivity contribution in [2.24, 2.45) is 5.73 Å². The summed E-state index contributed by atoms with van der Waals surface area (Å²) in [4.78, 5) is 0. The summed E-state index contributed by atoms with van der Waals surface area (Å²) < 4.78 is 10.6. The smallest absolute Gasteiger partial charge is 0.335 e. The molecule has 0 amide bonds. The first kappa shape index (κ1) is 12.1. The van der Waals surface area contributed by atoms with Crippen molar-refractivity contribution in [3.8, 4) is 0 Å². The van der Waals surface area contributed by atoms with Crippen LogP contribution in [-0.4, -0.2) is 42.4 Å². The van der Waals surface area contributed by atoms with E-state index < -0.39 is 8.56 Å². The van der Waals surface area contributed by atoms with Gasteiger partial charge in [-0.05, 0) is 13.1 Å². The highest BCUT2D eigenvalue weighted by Crippen LogP contribution is 2.09. The van der Waals surface area contributed by atoms with Crippen molar-refractivity contribution in [3.63, 3.8) is 0 Å². The molecule has 0 radical (unpaired) electrons. The van der Waals surface area contributed by atoms with E-state index in [1.54, 1.807) is 14.2 Å². The maximum atomic E-state index is 5.33. The third kappa shape index (κ3) is 4.84. The highest BCUT2D eigenvalue weighted by atomic mass is 28.4. The Labute approximate surface area is 75.7 Å². The van der Waals surface area contributed by atoms with Crippen LogP contribution < -0.4 is 11.1 Å². The van der Waals surface area contributed by atoms with Crippen molar-refractivity contribution in [2.45, 2.75) is 12.6 Å². The Bertz CT molecular complexity index is 110. The molecule has 0 aliphatic rings. The van der Waals surface area contributed by atoms with Gasteiger partial charge < -0.3 is 19.9 Å². The molecule has 0 fully saturated rings. The molecule has 0 aromatic carbocycles. The molecule has 0 spiro atoms. The van der Waals surface area contributed by atoms with Crippen LogP contribution in [0.5, 0.6) is 0 Å². The predicted molar refractivity (Wildman–Crippen MR) is 52.4 cm³/mol. The van der Waals surface area contributed by atoms with E-state index in [0.717, 1.165) is 19.1 Å². The lowest BCUT2D eigenvalue weighted by Crippen LogP contribution is -2.39. The van der Waals surface area contributed by atoms with Gasteiger partial charge in [0.2, 0.25) is 0 Å². The summed E-state index contributed by atoms with van der Waals surface area (Å²) in [6.07, 6.45) is 0. The van der Waals surface area contributed by atoms with Gasteiger partial charge in [0.15, 0.2) is 0 Å². The van der Waals surface area contributed by atoms with Crippen molar-refractivity contribution in [2.75, 3.05) is 33.9 Å². The molecule has 5 heteroatoms. The molecule has 0 atom stereocenters. The second-order valence-corrected chi connectivity index (χ2v) is 6.41. The van der Waals surface area contributed by atoms with E-state index in [1.807, 2.05) is 0 Å². The minimum atomic E-state index is -1.85. The Hall–Kier alpha value is 0.0569. The average molecular weight is 192 g/mol. The van der Waals surface area contributed by atoms with Crippen LogP contribution in [-0.2, 0) is 8.85 Å². The van der Waals surface area contributed by atoms with Crippen LogP contribution in [0.15, 0.2) is 0 Å². The third-order valence-electron chi connectivity index (χ3n) is 1.94. The van der Waals surface area contributed by atoms with Crippen molar-refractivity contribution >= 4 is 8.56 Å². The Kier molecular flexibility index (Phi) is 6.59. The zero-order valence-corrected chi connectivity index (χ0v) is 9.22. The van der Waals surface area contributed by atoms with Gasteiger partial charge in [0.25, 0.3) is 0 Å². The van der Waals surface area contributed by atoms with Gasteiger partial charge in [0.1, 0.15) is 0 Å². The summed E-state index contributed by atoms with van der Waals surface area (Å²) >= 11 is 0. The van der Waals surface area contributed by atoms with Crippen molar-refractivity contribution in [1.29, 1.82) is 0 Å². The molecule has 12 heavy (non-hydrogen) atoms. The van der Waals surface area contributed by atoms with Gasteiger partial charge in [0.05, 0.1) is 0 Å². The zero-order chi connectivity index (χ0) is 9.45. The van der Waals surface area contributed by atoms with E-state index in [2.05, 4.69) is 11.9 Å². The summed E-state index contributed by atoms with van der Waals surface area (Å²) in [5, 5.41) is 3.21. The molecule has 0 aliphatic heterocycles. The number of hydrogen-bond donors (Lipinski definition) is 2. The Morgan fingerprint density at radius 1 is 1.25 bits per heavy atom. The Morgan fingerprint density at radius 2 is 1.83 bits per heavy atom. The first-order valence-corrected chi connectivity index (χ1v) is 6.72. The van der Waals surface area contributed by atoms with Crippen LogP contribution in [0.4, 0.5) is 0 Å². The van der Waals surface area contributed by atoms with Gasteiger partial charge in [-0.1, -0.05) is 0 Å². The topological polar surface area (TPSA) is 56.5 Å². The fourth-order valence-electron chi connectivity index (χ4n) is 0.830. The molecular weight excluding hydrogens is 172 g/mol. The molecule has 0 heterocycles. The first-order chi connectivity index (χ1) is 5.68. The molecule has 4 nitrogen and oxygen atoms in total. The zero-order valence-electron chi connectivity index (χ0n) is 8.22. The Morgan fingerprint density at radius 3 is 2.25 bits per heavy atom. The standard InChI is InChI=1S/C7H20N2O2Si/c1-10-12(3,11-2)7-6-9-5-4-8/h9H,4-8H2,1-3H3. The molecule has 0 bridgehead atoms. The average Bonchev–Trinajstić information content (AvgIpc) is 2.12. The molecule has 0 aromatic heterocycles. The molecular formula is C7H20N2O2Si. The molecule has 3 N–H and O–H groups in total. The minimum absolute atomic E-state index is 0.679. The lowest BCUT2D eigenvalue weighted by molar-refractivity contribution is 0.249. The van der Waals surface area contributed by atoms with Gasteiger partial charge in [-0.15, -0.1) is 0 Å². The van der Waals surface area contributed by atoms with Gasteiger partial charge >= 0.3 is 8.56 Å². The molecule has 0 aromatic rings. The molecule has 0 rings (SSSR count). The van der Waals surface area contributed by atoms with Gasteiger partial charge in [-0.3, -0.25) is 0 Å². The van der Waals surface area contributed by atoms with Crippen molar-refractivity contribution < 1.29 is 8.85 Å². The number of nitrogens with two attached hydrogens (primary N) is 1. The van der Waals surface area contributed by atoms with Crippen LogP contribution in [0.25, 0.3) is 0 Å². The molecule has 0 unspecified atom stereocenters. The lowest BCUT2D eigenvalue weighted by atomic mass is 10.6. The normalized spacial score (nSPS) is 12.0. The van der Waals surface area contributed by atoms with Gasteiger partial charge in [0, 0.05) is 33.4 Å². The fraction of sp³-hybridized carbons (Fsp3) is 1.00. The van der Waals surface area contributed by atoms with Crippen molar-refractivity contribution in [3.05, 3.63) is 0 Å². The SMILES string of the molecule is CO[Si](C)(CCNCCN)OC. The highest BCUT2D eigenvalue weighted by Gasteiger charge is 2.27. The molecule has 74 valence electrons. The van der Waals surface area contributed by atoms with E-state index >= 15 is 0 Å². The fourth-order valence-corrected chi connectivity index (χ4v) is 2.04. The van der Waals surface area contributed by atoms with E-state index in [1.165, 1.54) is 0 Å². The van der Waals surface area contributed by atoms with Crippen LogP contribution in [0, 0.1) is 0 Å². The molecule has 0 saturated carbocycles. The maximum absolute atomic E-state index is 5.33. The molecule has 0 saturated heterocycles. The van der Waals surface area contributed by atoms with Crippen molar-refractivity contribution in [1.82, 2.24) is 5.32 Å². The summed E-state index contributed by atoms with van der Waals surface area (Å²) in [6.45, 7) is 4.51. The number of rotatable bonds is 7. The first-order valence-electron chi connectivity index (χ1n) is 4.19. The molecule has 0 aliphatic carbocycles. The summed E-state index contributed by atoms with van der Waals surface area (Å²) in [6, 6.07) is 0.958. The predicted octanol–water partition coefficient (Wildman–Crippen LogP) is -0.100. The highest BCUT2D eigenvalue weighted by molar-refractivity contribution is 6.66.